The second kappa shape index (κ2) is 6.88. The van der Waals surface area contributed by atoms with Gasteiger partial charge in [0.15, 0.2) is 0 Å². The molecule has 0 spiro atoms. The predicted molar refractivity (Wildman–Crippen MR) is 69.2 cm³/mol. The molecule has 0 radical (unpaired) electrons. The third-order valence-corrected chi connectivity index (χ3v) is 2.43. The molecule has 88 valence electrons. The van der Waals surface area contributed by atoms with Gasteiger partial charge < -0.3 is 9.74 Å². The summed E-state index contributed by atoms with van der Waals surface area (Å²) in [6, 6.07) is 8.33. The molecule has 1 aromatic rings. The molecule has 3 nitrogen and oxygen atoms in total. The second-order valence-electron chi connectivity index (χ2n) is 3.42. The maximum atomic E-state index is 4.92. The van der Waals surface area contributed by atoms with Crippen LogP contribution in [-0.4, -0.2) is 25.9 Å². The average Bonchev–Trinajstić information content (AvgIpc) is 2.33. The van der Waals surface area contributed by atoms with Gasteiger partial charge in [0.25, 0.3) is 0 Å². The summed E-state index contributed by atoms with van der Waals surface area (Å²) in [4.78, 5) is 7.23. The zero-order valence-corrected chi connectivity index (χ0v) is 10.3. The largest absolute Gasteiger partial charge is 0.396 e. The van der Waals surface area contributed by atoms with E-state index in [1.54, 1.807) is 6.21 Å². The molecule has 0 heterocycles. The molecule has 0 N–H and O–H groups in total. The van der Waals surface area contributed by atoms with Crippen molar-refractivity contribution in [2.45, 2.75) is 20.8 Å². The van der Waals surface area contributed by atoms with Gasteiger partial charge in [0.2, 0.25) is 0 Å². The summed E-state index contributed by atoms with van der Waals surface area (Å²) in [6.07, 6.45) is 1.73. The molecular weight excluding hydrogens is 200 g/mol. The van der Waals surface area contributed by atoms with Crippen molar-refractivity contribution in [1.29, 1.82) is 0 Å². The Bertz CT molecular complexity index is 315. The normalized spacial score (nSPS) is 10.7. The maximum Gasteiger partial charge on any atom is 0.114 e. The van der Waals surface area contributed by atoms with Gasteiger partial charge in [0.05, 0.1) is 6.21 Å². The van der Waals surface area contributed by atoms with Gasteiger partial charge in [-0.05, 0) is 38.5 Å². The first-order valence-electron chi connectivity index (χ1n) is 5.82. The Balaban J connectivity index is 2.67. The quantitative estimate of drug-likeness (QED) is 0.544. The van der Waals surface area contributed by atoms with Crippen LogP contribution in [0.25, 0.3) is 0 Å². The number of rotatable bonds is 6. The number of benzene rings is 1. The lowest BCUT2D eigenvalue weighted by atomic mass is 10.2. The van der Waals surface area contributed by atoms with E-state index in [0.717, 1.165) is 18.7 Å². The van der Waals surface area contributed by atoms with E-state index in [2.05, 4.69) is 48.2 Å². The lowest BCUT2D eigenvalue weighted by Crippen LogP contribution is -2.21. The van der Waals surface area contributed by atoms with Crippen LogP contribution in [-0.2, 0) is 4.84 Å². The predicted octanol–water partition coefficient (Wildman–Crippen LogP) is 2.90. The molecular formula is C13H20N2O. The van der Waals surface area contributed by atoms with Crippen molar-refractivity contribution in [2.24, 2.45) is 5.16 Å². The minimum absolute atomic E-state index is 0.605. The van der Waals surface area contributed by atoms with Crippen molar-refractivity contribution in [3.8, 4) is 0 Å². The van der Waals surface area contributed by atoms with Crippen molar-refractivity contribution in [3.05, 3.63) is 29.8 Å². The Morgan fingerprint density at radius 3 is 2.25 bits per heavy atom. The lowest BCUT2D eigenvalue weighted by molar-refractivity contribution is 0.160. The van der Waals surface area contributed by atoms with E-state index >= 15 is 0 Å². The lowest BCUT2D eigenvalue weighted by Gasteiger charge is -2.20. The van der Waals surface area contributed by atoms with Gasteiger partial charge in [-0.15, -0.1) is 0 Å². The summed E-state index contributed by atoms with van der Waals surface area (Å²) >= 11 is 0. The summed E-state index contributed by atoms with van der Waals surface area (Å²) in [6.45, 7) is 8.91. The molecule has 0 amide bonds. The van der Waals surface area contributed by atoms with Crippen LogP contribution in [0.15, 0.2) is 29.4 Å². The van der Waals surface area contributed by atoms with Crippen LogP contribution < -0.4 is 4.90 Å². The van der Waals surface area contributed by atoms with E-state index in [-0.39, 0.29) is 0 Å². The smallest absolute Gasteiger partial charge is 0.114 e. The second-order valence-corrected chi connectivity index (χ2v) is 3.42. The third-order valence-electron chi connectivity index (χ3n) is 2.43. The molecule has 0 aliphatic heterocycles. The van der Waals surface area contributed by atoms with Gasteiger partial charge in [-0.25, -0.2) is 0 Å². The van der Waals surface area contributed by atoms with Gasteiger partial charge >= 0.3 is 0 Å². The van der Waals surface area contributed by atoms with Gasteiger partial charge in [0, 0.05) is 18.8 Å². The number of oxime groups is 1. The molecule has 0 atom stereocenters. The Morgan fingerprint density at radius 2 is 1.75 bits per heavy atom. The molecule has 0 saturated heterocycles. The zero-order chi connectivity index (χ0) is 11.8. The highest BCUT2D eigenvalue weighted by Gasteiger charge is 2.00. The van der Waals surface area contributed by atoms with Gasteiger partial charge in [-0.3, -0.25) is 0 Å². The summed E-state index contributed by atoms with van der Waals surface area (Å²) in [5, 5.41) is 3.84. The highest BCUT2D eigenvalue weighted by atomic mass is 16.6. The van der Waals surface area contributed by atoms with Crippen LogP contribution >= 0.6 is 0 Å². The van der Waals surface area contributed by atoms with E-state index < -0.39 is 0 Å². The van der Waals surface area contributed by atoms with Gasteiger partial charge in [-0.1, -0.05) is 17.3 Å². The molecule has 1 rings (SSSR count). The van der Waals surface area contributed by atoms with E-state index in [0.29, 0.717) is 6.61 Å². The minimum atomic E-state index is 0.605. The van der Waals surface area contributed by atoms with E-state index in [9.17, 15) is 0 Å². The average molecular weight is 220 g/mol. The molecule has 1 aromatic carbocycles. The number of hydrogen-bond acceptors (Lipinski definition) is 3. The summed E-state index contributed by atoms with van der Waals surface area (Å²) in [5.74, 6) is 0. The molecule has 3 heteroatoms. The highest BCUT2D eigenvalue weighted by Crippen LogP contribution is 2.13. The standard InChI is InChI=1S/C13H20N2O/c1-4-15(5-2)13-9-7-12(8-10-13)11-14-16-6-3/h7-11H,4-6H2,1-3H3. The fourth-order valence-electron chi connectivity index (χ4n) is 1.53. The fourth-order valence-corrected chi connectivity index (χ4v) is 1.53. The fraction of sp³-hybridized carbons (Fsp3) is 0.462. The summed E-state index contributed by atoms with van der Waals surface area (Å²) < 4.78 is 0. The van der Waals surface area contributed by atoms with E-state index in [1.807, 2.05) is 6.92 Å². The van der Waals surface area contributed by atoms with Crippen molar-refractivity contribution in [3.63, 3.8) is 0 Å². The molecule has 0 fully saturated rings. The molecule has 0 aliphatic carbocycles. The van der Waals surface area contributed by atoms with Crippen molar-refractivity contribution < 1.29 is 4.84 Å². The molecule has 0 bridgehead atoms. The van der Waals surface area contributed by atoms with Crippen LogP contribution in [0.4, 0.5) is 5.69 Å². The maximum absolute atomic E-state index is 4.92. The SMILES string of the molecule is CCON=Cc1ccc(N(CC)CC)cc1. The zero-order valence-electron chi connectivity index (χ0n) is 10.3. The van der Waals surface area contributed by atoms with E-state index in [4.69, 9.17) is 4.84 Å². The first kappa shape index (κ1) is 12.6. The topological polar surface area (TPSA) is 24.8 Å². The first-order valence-corrected chi connectivity index (χ1v) is 5.82. The van der Waals surface area contributed by atoms with Gasteiger partial charge in [0.1, 0.15) is 6.61 Å². The van der Waals surface area contributed by atoms with Crippen LogP contribution in [0.5, 0.6) is 0 Å². The van der Waals surface area contributed by atoms with Crippen LogP contribution in [0.2, 0.25) is 0 Å². The van der Waals surface area contributed by atoms with Crippen molar-refractivity contribution in [2.75, 3.05) is 24.6 Å². The monoisotopic (exact) mass is 220 g/mol. The van der Waals surface area contributed by atoms with Crippen molar-refractivity contribution >= 4 is 11.9 Å². The highest BCUT2D eigenvalue weighted by molar-refractivity contribution is 5.79. The molecule has 16 heavy (non-hydrogen) atoms. The minimum Gasteiger partial charge on any atom is -0.396 e. The van der Waals surface area contributed by atoms with Gasteiger partial charge in [-0.2, -0.15) is 0 Å². The third kappa shape index (κ3) is 3.57. The summed E-state index contributed by atoms with van der Waals surface area (Å²) in [7, 11) is 0. The number of anilines is 1. The number of nitrogens with zero attached hydrogens (tertiary/aromatic N) is 2. The van der Waals surface area contributed by atoms with Crippen LogP contribution in [0.1, 0.15) is 26.3 Å². The molecule has 0 unspecified atom stereocenters. The Hall–Kier alpha value is -1.51. The molecule has 0 aliphatic rings. The Kier molecular flexibility index (Phi) is 5.40. The first-order chi connectivity index (χ1) is 7.81. The van der Waals surface area contributed by atoms with Crippen LogP contribution in [0, 0.1) is 0 Å². The van der Waals surface area contributed by atoms with Crippen molar-refractivity contribution in [1.82, 2.24) is 0 Å². The Morgan fingerprint density at radius 1 is 1.12 bits per heavy atom. The van der Waals surface area contributed by atoms with Crippen LogP contribution in [0.3, 0.4) is 0 Å². The summed E-state index contributed by atoms with van der Waals surface area (Å²) in [5.41, 5.74) is 2.31. The molecule has 0 saturated carbocycles. The Labute approximate surface area is 97.7 Å². The molecule has 0 aromatic heterocycles. The van der Waals surface area contributed by atoms with E-state index in [1.165, 1.54) is 5.69 Å². The number of hydrogen-bond donors (Lipinski definition) is 0.